The molecule has 2 N–H and O–H groups in total. The Hall–Kier alpha value is -0.650. The Kier molecular flexibility index (Phi) is 4.81. The number of likely N-dealkylation sites (tertiary alicyclic amines) is 1. The van der Waals surface area contributed by atoms with E-state index in [1.807, 2.05) is 4.90 Å². The van der Waals surface area contributed by atoms with Crippen molar-refractivity contribution >= 4 is 5.91 Å². The lowest BCUT2D eigenvalue weighted by atomic mass is 9.88. The molecule has 0 bridgehead atoms. The van der Waals surface area contributed by atoms with Crippen LogP contribution in [0.15, 0.2) is 0 Å². The summed E-state index contributed by atoms with van der Waals surface area (Å²) in [5.74, 6) is 0.181. The normalized spacial score (nSPS) is 27.9. The summed E-state index contributed by atoms with van der Waals surface area (Å²) in [6.45, 7) is 6.34. The summed E-state index contributed by atoms with van der Waals surface area (Å²) in [7, 11) is 0. The second-order valence-corrected chi connectivity index (χ2v) is 6.02. The van der Waals surface area contributed by atoms with Crippen LogP contribution < -0.4 is 5.32 Å². The van der Waals surface area contributed by atoms with Crippen LogP contribution in [0.2, 0.25) is 0 Å². The van der Waals surface area contributed by atoms with Gasteiger partial charge >= 0.3 is 0 Å². The molecule has 1 amide bonds. The summed E-state index contributed by atoms with van der Waals surface area (Å²) in [5.41, 5.74) is -0.335. The van der Waals surface area contributed by atoms with E-state index in [9.17, 15) is 9.90 Å². The van der Waals surface area contributed by atoms with Crippen molar-refractivity contribution in [2.45, 2.75) is 57.2 Å². The van der Waals surface area contributed by atoms with Gasteiger partial charge in [0.05, 0.1) is 12.6 Å². The largest absolute Gasteiger partial charge is 0.394 e. The first-order chi connectivity index (χ1) is 9.08. The van der Waals surface area contributed by atoms with Gasteiger partial charge in [-0.15, -0.1) is 0 Å². The Morgan fingerprint density at radius 1 is 1.47 bits per heavy atom. The molecule has 5 heteroatoms. The summed E-state index contributed by atoms with van der Waals surface area (Å²) in [5, 5.41) is 13.1. The maximum Gasteiger partial charge on any atom is 0.239 e. The van der Waals surface area contributed by atoms with Gasteiger partial charge in [-0.25, -0.2) is 0 Å². The number of carbonyl (C=O) groups is 1. The monoisotopic (exact) mass is 270 g/mol. The Morgan fingerprint density at radius 3 is 2.74 bits per heavy atom. The Morgan fingerprint density at radius 2 is 2.16 bits per heavy atom. The third-order valence-corrected chi connectivity index (χ3v) is 4.33. The molecule has 1 unspecified atom stereocenters. The highest BCUT2D eigenvalue weighted by atomic mass is 16.5. The van der Waals surface area contributed by atoms with Gasteiger partial charge < -0.3 is 14.7 Å². The van der Waals surface area contributed by atoms with Crippen LogP contribution in [0.4, 0.5) is 0 Å². The van der Waals surface area contributed by atoms with Crippen LogP contribution in [-0.4, -0.2) is 59.9 Å². The zero-order chi connectivity index (χ0) is 13.9. The highest BCUT2D eigenvalue weighted by molar-refractivity contribution is 5.83. The first-order valence-corrected chi connectivity index (χ1v) is 7.35. The second kappa shape index (κ2) is 6.20. The predicted octanol–water partition coefficient (Wildman–Crippen LogP) is 0.517. The number of hydrogen-bond donors (Lipinski definition) is 2. The molecule has 2 saturated heterocycles. The molecule has 2 aliphatic rings. The van der Waals surface area contributed by atoms with Crippen LogP contribution >= 0.6 is 0 Å². The summed E-state index contributed by atoms with van der Waals surface area (Å²) >= 11 is 0. The van der Waals surface area contributed by atoms with Gasteiger partial charge in [-0.3, -0.25) is 10.1 Å². The SMILES string of the molecule is CC(C)N1CCCC(NC2(CO)CCOCC2)C1=O. The molecule has 0 aromatic carbocycles. The zero-order valence-corrected chi connectivity index (χ0v) is 12.0. The molecule has 0 spiro atoms. The Balaban J connectivity index is 2.02. The highest BCUT2D eigenvalue weighted by Crippen LogP contribution is 2.24. The van der Waals surface area contributed by atoms with Crippen LogP contribution in [0.1, 0.15) is 39.5 Å². The van der Waals surface area contributed by atoms with E-state index < -0.39 is 0 Å². The first kappa shape index (κ1) is 14.8. The minimum atomic E-state index is -0.335. The molecule has 19 heavy (non-hydrogen) atoms. The third-order valence-electron chi connectivity index (χ3n) is 4.33. The molecule has 2 heterocycles. The molecule has 110 valence electrons. The quantitative estimate of drug-likeness (QED) is 0.782. The number of nitrogens with one attached hydrogen (secondary N) is 1. The zero-order valence-electron chi connectivity index (χ0n) is 12.0. The molecule has 0 aromatic heterocycles. The molecule has 0 radical (unpaired) electrons. The van der Waals surface area contributed by atoms with Crippen molar-refractivity contribution in [3.05, 3.63) is 0 Å². The van der Waals surface area contributed by atoms with Crippen LogP contribution in [0, 0.1) is 0 Å². The van der Waals surface area contributed by atoms with Crippen molar-refractivity contribution in [1.82, 2.24) is 10.2 Å². The summed E-state index contributed by atoms with van der Waals surface area (Å²) < 4.78 is 5.36. The minimum Gasteiger partial charge on any atom is -0.394 e. The number of amides is 1. The van der Waals surface area contributed by atoms with E-state index in [-0.39, 0.29) is 30.1 Å². The van der Waals surface area contributed by atoms with Crippen molar-refractivity contribution in [3.8, 4) is 0 Å². The van der Waals surface area contributed by atoms with Gasteiger partial charge in [-0.1, -0.05) is 0 Å². The molecule has 2 fully saturated rings. The summed E-state index contributed by atoms with van der Waals surface area (Å²) in [6, 6.07) is 0.0956. The van der Waals surface area contributed by atoms with Gasteiger partial charge in [0.15, 0.2) is 0 Å². The van der Waals surface area contributed by atoms with Crippen molar-refractivity contribution < 1.29 is 14.6 Å². The molecule has 0 aliphatic carbocycles. The van der Waals surface area contributed by atoms with E-state index in [4.69, 9.17) is 4.74 Å². The molecule has 0 saturated carbocycles. The smallest absolute Gasteiger partial charge is 0.239 e. The molecule has 5 nitrogen and oxygen atoms in total. The Labute approximate surface area is 115 Å². The van der Waals surface area contributed by atoms with E-state index in [2.05, 4.69) is 19.2 Å². The number of carbonyl (C=O) groups excluding carboxylic acids is 1. The van der Waals surface area contributed by atoms with Gasteiger partial charge in [0.1, 0.15) is 0 Å². The lowest BCUT2D eigenvalue weighted by Crippen LogP contribution is -2.62. The maximum absolute atomic E-state index is 12.4. The van der Waals surface area contributed by atoms with E-state index in [0.29, 0.717) is 13.2 Å². The van der Waals surface area contributed by atoms with Gasteiger partial charge in [0.2, 0.25) is 5.91 Å². The fourth-order valence-electron chi connectivity index (χ4n) is 3.03. The van der Waals surface area contributed by atoms with E-state index >= 15 is 0 Å². The van der Waals surface area contributed by atoms with Gasteiger partial charge in [-0.05, 0) is 39.5 Å². The topological polar surface area (TPSA) is 61.8 Å². The lowest BCUT2D eigenvalue weighted by Gasteiger charge is -2.43. The molecule has 1 atom stereocenters. The second-order valence-electron chi connectivity index (χ2n) is 6.02. The number of piperidine rings is 1. The van der Waals surface area contributed by atoms with Crippen molar-refractivity contribution in [2.75, 3.05) is 26.4 Å². The minimum absolute atomic E-state index is 0.0712. The van der Waals surface area contributed by atoms with Crippen molar-refractivity contribution in [2.24, 2.45) is 0 Å². The van der Waals surface area contributed by atoms with E-state index in [0.717, 1.165) is 32.2 Å². The van der Waals surface area contributed by atoms with Crippen LogP contribution in [0.3, 0.4) is 0 Å². The fourth-order valence-corrected chi connectivity index (χ4v) is 3.03. The highest BCUT2D eigenvalue weighted by Gasteiger charge is 2.38. The number of hydrogen-bond acceptors (Lipinski definition) is 4. The number of rotatable bonds is 4. The van der Waals surface area contributed by atoms with E-state index in [1.54, 1.807) is 0 Å². The van der Waals surface area contributed by atoms with E-state index in [1.165, 1.54) is 0 Å². The van der Waals surface area contributed by atoms with Gasteiger partial charge in [0.25, 0.3) is 0 Å². The first-order valence-electron chi connectivity index (χ1n) is 7.35. The van der Waals surface area contributed by atoms with Crippen molar-refractivity contribution in [3.63, 3.8) is 0 Å². The number of ether oxygens (including phenoxy) is 1. The average Bonchev–Trinajstić information content (AvgIpc) is 2.42. The third kappa shape index (κ3) is 3.27. The molecule has 0 aromatic rings. The summed E-state index contributed by atoms with van der Waals surface area (Å²) in [6.07, 6.45) is 3.44. The van der Waals surface area contributed by atoms with Crippen LogP contribution in [0.25, 0.3) is 0 Å². The molecular formula is C14H26N2O3. The fraction of sp³-hybridized carbons (Fsp3) is 0.929. The number of aliphatic hydroxyl groups excluding tert-OH is 1. The summed E-state index contributed by atoms with van der Waals surface area (Å²) in [4.78, 5) is 14.4. The molecule has 2 aliphatic heterocycles. The standard InChI is InChI=1S/C14H26N2O3/c1-11(2)16-7-3-4-12(13(16)18)15-14(10-17)5-8-19-9-6-14/h11-12,15,17H,3-10H2,1-2H3. The number of nitrogens with zero attached hydrogens (tertiary/aromatic N) is 1. The Bertz CT molecular complexity index is 314. The van der Waals surface area contributed by atoms with Crippen LogP contribution in [-0.2, 0) is 9.53 Å². The molecular weight excluding hydrogens is 244 g/mol. The number of aliphatic hydroxyl groups is 1. The van der Waals surface area contributed by atoms with Gasteiger partial charge in [0, 0.05) is 31.3 Å². The van der Waals surface area contributed by atoms with Crippen LogP contribution in [0.5, 0.6) is 0 Å². The molecule has 2 rings (SSSR count). The average molecular weight is 270 g/mol. The maximum atomic E-state index is 12.4. The van der Waals surface area contributed by atoms with Crippen molar-refractivity contribution in [1.29, 1.82) is 0 Å². The van der Waals surface area contributed by atoms with Gasteiger partial charge in [-0.2, -0.15) is 0 Å². The predicted molar refractivity (Wildman–Crippen MR) is 72.9 cm³/mol. The lowest BCUT2D eigenvalue weighted by molar-refractivity contribution is -0.139.